The molecule has 0 radical (unpaired) electrons. The molecule has 0 bridgehead atoms. The molecule has 1 rings (SSSR count). The average Bonchev–Trinajstić information content (AvgIpc) is 2.20. The maximum atomic E-state index is 11.4. The molecular weight excluding hydrogens is 176 g/mol. The standard InChI is InChI=1S/C11H20N2O/c12-7-4-8-13-11(14)9-10-5-2-1-3-6-10/h5H,1-4,6-9,12H2,(H,13,14). The van der Waals surface area contributed by atoms with E-state index >= 15 is 0 Å². The van der Waals surface area contributed by atoms with E-state index in [9.17, 15) is 4.79 Å². The molecule has 0 heterocycles. The van der Waals surface area contributed by atoms with E-state index < -0.39 is 0 Å². The number of amides is 1. The number of carbonyl (C=O) groups excluding carboxylic acids is 1. The van der Waals surface area contributed by atoms with Crippen LogP contribution in [0.1, 0.15) is 38.5 Å². The molecule has 0 fully saturated rings. The number of nitrogens with one attached hydrogen (secondary N) is 1. The van der Waals surface area contributed by atoms with Crippen molar-refractivity contribution in [3.05, 3.63) is 11.6 Å². The molecule has 1 aliphatic rings. The molecule has 0 aromatic heterocycles. The molecule has 3 nitrogen and oxygen atoms in total. The summed E-state index contributed by atoms with van der Waals surface area (Å²) in [6, 6.07) is 0. The third-order valence-electron chi connectivity index (χ3n) is 2.48. The van der Waals surface area contributed by atoms with Gasteiger partial charge in [0.2, 0.25) is 5.91 Å². The van der Waals surface area contributed by atoms with Crippen LogP contribution in [0.2, 0.25) is 0 Å². The normalized spacial score (nSPS) is 16.2. The Morgan fingerprint density at radius 2 is 2.36 bits per heavy atom. The summed E-state index contributed by atoms with van der Waals surface area (Å²) in [6.45, 7) is 1.35. The van der Waals surface area contributed by atoms with E-state index in [0.29, 0.717) is 19.5 Å². The monoisotopic (exact) mass is 196 g/mol. The van der Waals surface area contributed by atoms with Gasteiger partial charge in [-0.15, -0.1) is 0 Å². The Morgan fingerprint density at radius 1 is 1.50 bits per heavy atom. The van der Waals surface area contributed by atoms with Gasteiger partial charge in [-0.05, 0) is 38.6 Å². The molecule has 3 N–H and O–H groups in total. The lowest BCUT2D eigenvalue weighted by atomic mass is 9.97. The zero-order valence-electron chi connectivity index (χ0n) is 8.72. The van der Waals surface area contributed by atoms with Crippen molar-refractivity contribution in [2.45, 2.75) is 38.5 Å². The second-order valence-electron chi connectivity index (χ2n) is 3.78. The number of hydrogen-bond acceptors (Lipinski definition) is 2. The van der Waals surface area contributed by atoms with E-state index in [1.807, 2.05) is 0 Å². The van der Waals surface area contributed by atoms with Crippen LogP contribution in [-0.2, 0) is 4.79 Å². The van der Waals surface area contributed by atoms with Crippen LogP contribution in [0.15, 0.2) is 11.6 Å². The van der Waals surface area contributed by atoms with E-state index in [-0.39, 0.29) is 5.91 Å². The summed E-state index contributed by atoms with van der Waals surface area (Å²) < 4.78 is 0. The fourth-order valence-corrected chi connectivity index (χ4v) is 1.66. The minimum Gasteiger partial charge on any atom is -0.356 e. The largest absolute Gasteiger partial charge is 0.356 e. The fraction of sp³-hybridized carbons (Fsp3) is 0.727. The molecule has 80 valence electrons. The molecule has 0 aromatic rings. The molecule has 14 heavy (non-hydrogen) atoms. The van der Waals surface area contributed by atoms with E-state index in [4.69, 9.17) is 5.73 Å². The van der Waals surface area contributed by atoms with Gasteiger partial charge in [-0.25, -0.2) is 0 Å². The highest BCUT2D eigenvalue weighted by molar-refractivity contribution is 5.78. The van der Waals surface area contributed by atoms with E-state index in [0.717, 1.165) is 19.3 Å². The molecule has 3 heteroatoms. The summed E-state index contributed by atoms with van der Waals surface area (Å²) >= 11 is 0. The Kier molecular flexibility index (Phi) is 5.30. The first-order valence-electron chi connectivity index (χ1n) is 5.47. The van der Waals surface area contributed by atoms with Gasteiger partial charge < -0.3 is 11.1 Å². The van der Waals surface area contributed by atoms with Crippen molar-refractivity contribution in [2.24, 2.45) is 5.73 Å². The van der Waals surface area contributed by atoms with Crippen LogP contribution >= 0.6 is 0 Å². The lowest BCUT2D eigenvalue weighted by Crippen LogP contribution is -2.26. The van der Waals surface area contributed by atoms with Crippen LogP contribution in [0, 0.1) is 0 Å². The zero-order chi connectivity index (χ0) is 10.2. The van der Waals surface area contributed by atoms with Crippen LogP contribution in [0.3, 0.4) is 0 Å². The molecule has 0 spiro atoms. The Hall–Kier alpha value is -0.830. The fourth-order valence-electron chi connectivity index (χ4n) is 1.66. The average molecular weight is 196 g/mol. The highest BCUT2D eigenvalue weighted by atomic mass is 16.1. The summed E-state index contributed by atoms with van der Waals surface area (Å²) in [5.74, 6) is 0.145. The van der Waals surface area contributed by atoms with Gasteiger partial charge in [-0.1, -0.05) is 11.6 Å². The summed E-state index contributed by atoms with van der Waals surface area (Å²) in [5.41, 5.74) is 6.64. The van der Waals surface area contributed by atoms with Crippen LogP contribution in [-0.4, -0.2) is 19.0 Å². The lowest BCUT2D eigenvalue weighted by Gasteiger charge is -2.12. The number of hydrogen-bond donors (Lipinski definition) is 2. The number of carbonyl (C=O) groups is 1. The first-order valence-corrected chi connectivity index (χ1v) is 5.47. The van der Waals surface area contributed by atoms with Gasteiger partial charge in [0.15, 0.2) is 0 Å². The molecule has 1 amide bonds. The maximum Gasteiger partial charge on any atom is 0.224 e. The van der Waals surface area contributed by atoms with Crippen molar-refractivity contribution in [1.82, 2.24) is 5.32 Å². The zero-order valence-corrected chi connectivity index (χ0v) is 8.72. The van der Waals surface area contributed by atoms with Gasteiger partial charge >= 0.3 is 0 Å². The Bertz CT molecular complexity index is 211. The summed E-state index contributed by atoms with van der Waals surface area (Å²) in [6.07, 6.45) is 8.43. The summed E-state index contributed by atoms with van der Waals surface area (Å²) in [4.78, 5) is 11.4. The summed E-state index contributed by atoms with van der Waals surface area (Å²) in [5, 5.41) is 2.87. The molecule has 0 unspecified atom stereocenters. The predicted molar refractivity (Wildman–Crippen MR) is 57.8 cm³/mol. The quantitative estimate of drug-likeness (QED) is 0.515. The Morgan fingerprint density at radius 3 is 3.00 bits per heavy atom. The topological polar surface area (TPSA) is 55.1 Å². The first kappa shape index (κ1) is 11.2. The SMILES string of the molecule is NCCCNC(=O)CC1=CCCCC1. The Balaban J connectivity index is 2.15. The van der Waals surface area contributed by atoms with E-state index in [2.05, 4.69) is 11.4 Å². The van der Waals surface area contributed by atoms with E-state index in [1.54, 1.807) is 0 Å². The summed E-state index contributed by atoms with van der Waals surface area (Å²) in [7, 11) is 0. The Labute approximate surface area is 85.7 Å². The second-order valence-corrected chi connectivity index (χ2v) is 3.78. The number of nitrogens with two attached hydrogens (primary N) is 1. The van der Waals surface area contributed by atoms with Crippen LogP contribution in [0.25, 0.3) is 0 Å². The van der Waals surface area contributed by atoms with Crippen molar-refractivity contribution >= 4 is 5.91 Å². The van der Waals surface area contributed by atoms with Crippen molar-refractivity contribution in [2.75, 3.05) is 13.1 Å². The predicted octanol–water partition coefficient (Wildman–Crippen LogP) is 1.34. The first-order chi connectivity index (χ1) is 6.83. The van der Waals surface area contributed by atoms with Gasteiger partial charge in [0, 0.05) is 13.0 Å². The van der Waals surface area contributed by atoms with Crippen molar-refractivity contribution in [3.63, 3.8) is 0 Å². The van der Waals surface area contributed by atoms with Gasteiger partial charge in [0.1, 0.15) is 0 Å². The third kappa shape index (κ3) is 4.42. The molecule has 0 saturated carbocycles. The lowest BCUT2D eigenvalue weighted by molar-refractivity contribution is -0.120. The maximum absolute atomic E-state index is 11.4. The molecule has 1 aliphatic carbocycles. The third-order valence-corrected chi connectivity index (χ3v) is 2.48. The molecule has 0 saturated heterocycles. The number of rotatable bonds is 5. The minimum atomic E-state index is 0.145. The van der Waals surface area contributed by atoms with Crippen LogP contribution < -0.4 is 11.1 Å². The molecular formula is C11H20N2O. The van der Waals surface area contributed by atoms with Crippen LogP contribution in [0.4, 0.5) is 0 Å². The van der Waals surface area contributed by atoms with Gasteiger partial charge in [0.05, 0.1) is 0 Å². The van der Waals surface area contributed by atoms with Crippen LogP contribution in [0.5, 0.6) is 0 Å². The van der Waals surface area contributed by atoms with Gasteiger partial charge in [-0.2, -0.15) is 0 Å². The molecule has 0 aromatic carbocycles. The highest BCUT2D eigenvalue weighted by Crippen LogP contribution is 2.19. The number of allylic oxidation sites excluding steroid dienone is 1. The van der Waals surface area contributed by atoms with Crippen molar-refractivity contribution < 1.29 is 4.79 Å². The van der Waals surface area contributed by atoms with Gasteiger partial charge in [-0.3, -0.25) is 4.79 Å². The van der Waals surface area contributed by atoms with E-state index in [1.165, 1.54) is 18.4 Å². The highest BCUT2D eigenvalue weighted by Gasteiger charge is 2.07. The molecule has 0 atom stereocenters. The van der Waals surface area contributed by atoms with Gasteiger partial charge in [0.25, 0.3) is 0 Å². The molecule has 0 aliphatic heterocycles. The van der Waals surface area contributed by atoms with Crippen molar-refractivity contribution in [3.8, 4) is 0 Å². The smallest absolute Gasteiger partial charge is 0.224 e. The minimum absolute atomic E-state index is 0.145. The van der Waals surface area contributed by atoms with Crippen molar-refractivity contribution in [1.29, 1.82) is 0 Å². The second kappa shape index (κ2) is 6.60.